The van der Waals surface area contributed by atoms with E-state index in [2.05, 4.69) is 36.4 Å². The van der Waals surface area contributed by atoms with E-state index >= 15 is 0 Å². The molecule has 1 aliphatic rings. The average Bonchev–Trinajstić information content (AvgIpc) is 2.78. The summed E-state index contributed by atoms with van der Waals surface area (Å²) in [4.78, 5) is 1.28. The van der Waals surface area contributed by atoms with E-state index in [9.17, 15) is 5.11 Å². The lowest BCUT2D eigenvalue weighted by Gasteiger charge is -2.34. The van der Waals surface area contributed by atoms with Gasteiger partial charge in [0, 0.05) is 22.5 Å². The zero-order chi connectivity index (χ0) is 19.5. The van der Waals surface area contributed by atoms with Crippen LogP contribution in [0.5, 0.6) is 11.5 Å². The Labute approximate surface area is 170 Å². The van der Waals surface area contributed by atoms with Crippen molar-refractivity contribution in [1.29, 1.82) is 0 Å². The second-order valence-corrected chi connectivity index (χ2v) is 8.03. The molecule has 0 aromatic heterocycles. The first kappa shape index (κ1) is 18.9. The van der Waals surface area contributed by atoms with Crippen molar-refractivity contribution in [3.05, 3.63) is 89.0 Å². The Morgan fingerprint density at radius 1 is 0.857 bits per heavy atom. The van der Waals surface area contributed by atoms with Gasteiger partial charge in [-0.15, -0.1) is 11.8 Å². The molecule has 0 saturated heterocycles. The van der Waals surface area contributed by atoms with E-state index in [1.54, 1.807) is 14.2 Å². The highest BCUT2D eigenvalue weighted by Crippen LogP contribution is 2.49. The predicted octanol–water partition coefficient (Wildman–Crippen LogP) is 5.22. The number of aliphatic hydroxyl groups excluding tert-OH is 1. The lowest BCUT2D eigenvalue weighted by molar-refractivity contribution is 0.282. The first-order valence-corrected chi connectivity index (χ1v) is 10.4. The quantitative estimate of drug-likeness (QED) is 0.646. The second kappa shape index (κ2) is 8.29. The molecule has 2 unspecified atom stereocenters. The molecule has 4 heteroatoms. The van der Waals surface area contributed by atoms with Gasteiger partial charge < -0.3 is 14.6 Å². The minimum atomic E-state index is 0.0660. The largest absolute Gasteiger partial charge is 0.497 e. The minimum Gasteiger partial charge on any atom is -0.497 e. The molecule has 144 valence electrons. The van der Waals surface area contributed by atoms with E-state index in [0.717, 1.165) is 22.8 Å². The third kappa shape index (κ3) is 3.62. The number of aliphatic hydroxyl groups is 1. The van der Waals surface area contributed by atoms with Crippen LogP contribution in [0.15, 0.2) is 71.6 Å². The Hall–Kier alpha value is -2.43. The smallest absolute Gasteiger partial charge is 0.119 e. The summed E-state index contributed by atoms with van der Waals surface area (Å²) in [5.74, 6) is 3.38. The maximum absolute atomic E-state index is 9.40. The van der Waals surface area contributed by atoms with Crippen molar-refractivity contribution in [2.24, 2.45) is 0 Å². The molecule has 0 bridgehead atoms. The first-order chi connectivity index (χ1) is 13.7. The summed E-state index contributed by atoms with van der Waals surface area (Å²) < 4.78 is 10.8. The van der Waals surface area contributed by atoms with Gasteiger partial charge in [0.15, 0.2) is 0 Å². The summed E-state index contributed by atoms with van der Waals surface area (Å²) in [6.07, 6.45) is 0. The van der Waals surface area contributed by atoms with Crippen LogP contribution in [-0.2, 0) is 6.61 Å². The van der Waals surface area contributed by atoms with Crippen molar-refractivity contribution < 1.29 is 14.6 Å². The second-order valence-electron chi connectivity index (χ2n) is 6.97. The van der Waals surface area contributed by atoms with E-state index in [1.165, 1.54) is 21.6 Å². The lowest BCUT2D eigenvalue weighted by atomic mass is 9.77. The molecule has 1 heterocycles. The summed E-state index contributed by atoms with van der Waals surface area (Å²) in [7, 11) is 3.40. The van der Waals surface area contributed by atoms with Crippen LogP contribution >= 0.6 is 11.8 Å². The SMILES string of the molecule is COc1ccc(C2CSc3cc(OC)ccc3C2c2ccc(CO)cc2)cc1. The molecule has 3 nitrogen and oxygen atoms in total. The van der Waals surface area contributed by atoms with Crippen molar-refractivity contribution in [3.8, 4) is 11.5 Å². The molecule has 2 atom stereocenters. The first-order valence-electron chi connectivity index (χ1n) is 9.38. The maximum atomic E-state index is 9.40. The molecule has 28 heavy (non-hydrogen) atoms. The standard InChI is InChI=1S/C24H24O3S/c1-26-19-9-7-17(8-10-19)22-15-28-23-13-20(27-2)11-12-21(23)24(22)18-5-3-16(14-25)4-6-18/h3-13,22,24-25H,14-15H2,1-2H3. The van der Waals surface area contributed by atoms with Crippen LogP contribution in [0.2, 0.25) is 0 Å². The van der Waals surface area contributed by atoms with Gasteiger partial charge in [-0.25, -0.2) is 0 Å². The van der Waals surface area contributed by atoms with Crippen molar-refractivity contribution in [2.75, 3.05) is 20.0 Å². The van der Waals surface area contributed by atoms with Gasteiger partial charge in [0.2, 0.25) is 0 Å². The van der Waals surface area contributed by atoms with E-state index in [1.807, 2.05) is 42.1 Å². The zero-order valence-corrected chi connectivity index (χ0v) is 16.9. The molecule has 0 aliphatic carbocycles. The van der Waals surface area contributed by atoms with Crippen LogP contribution in [0.1, 0.15) is 34.1 Å². The Bertz CT molecular complexity index is 935. The lowest BCUT2D eigenvalue weighted by Crippen LogP contribution is -2.20. The number of rotatable bonds is 5. The summed E-state index contributed by atoms with van der Waals surface area (Å²) in [6.45, 7) is 0.0660. The average molecular weight is 393 g/mol. The number of hydrogen-bond donors (Lipinski definition) is 1. The predicted molar refractivity (Wildman–Crippen MR) is 114 cm³/mol. The molecular formula is C24H24O3S. The van der Waals surface area contributed by atoms with E-state index < -0.39 is 0 Å². The summed E-state index contributed by atoms with van der Waals surface area (Å²) in [6, 6.07) is 23.1. The van der Waals surface area contributed by atoms with Gasteiger partial charge >= 0.3 is 0 Å². The Morgan fingerprint density at radius 3 is 2.14 bits per heavy atom. The van der Waals surface area contributed by atoms with E-state index in [4.69, 9.17) is 9.47 Å². The summed E-state index contributed by atoms with van der Waals surface area (Å²) in [5, 5.41) is 9.40. The van der Waals surface area contributed by atoms with Crippen molar-refractivity contribution in [3.63, 3.8) is 0 Å². The molecule has 0 amide bonds. The fraction of sp³-hybridized carbons (Fsp3) is 0.250. The Balaban J connectivity index is 1.79. The third-order valence-electron chi connectivity index (χ3n) is 5.44. The molecule has 0 saturated carbocycles. The summed E-state index contributed by atoms with van der Waals surface area (Å²) in [5.41, 5.74) is 4.84. The highest BCUT2D eigenvalue weighted by Gasteiger charge is 2.32. The van der Waals surface area contributed by atoms with Crippen molar-refractivity contribution in [2.45, 2.75) is 23.3 Å². The van der Waals surface area contributed by atoms with Gasteiger partial charge in [-0.1, -0.05) is 42.5 Å². The maximum Gasteiger partial charge on any atom is 0.119 e. The number of methoxy groups -OCH3 is 2. The molecule has 1 N–H and O–H groups in total. The molecule has 0 spiro atoms. The molecule has 4 rings (SSSR count). The van der Waals surface area contributed by atoms with Crippen LogP contribution < -0.4 is 9.47 Å². The number of thioether (sulfide) groups is 1. The van der Waals surface area contributed by atoms with Crippen LogP contribution in [0.3, 0.4) is 0 Å². The number of benzene rings is 3. The monoisotopic (exact) mass is 392 g/mol. The highest BCUT2D eigenvalue weighted by atomic mass is 32.2. The Kier molecular flexibility index (Phi) is 5.60. The molecule has 0 fully saturated rings. The van der Waals surface area contributed by atoms with Crippen molar-refractivity contribution in [1.82, 2.24) is 0 Å². The van der Waals surface area contributed by atoms with Gasteiger partial charge in [0.1, 0.15) is 11.5 Å². The number of hydrogen-bond acceptors (Lipinski definition) is 4. The van der Waals surface area contributed by atoms with Gasteiger partial charge in [0.25, 0.3) is 0 Å². The van der Waals surface area contributed by atoms with Gasteiger partial charge in [-0.2, -0.15) is 0 Å². The van der Waals surface area contributed by atoms with Crippen LogP contribution in [-0.4, -0.2) is 25.1 Å². The van der Waals surface area contributed by atoms with E-state index in [0.29, 0.717) is 5.92 Å². The van der Waals surface area contributed by atoms with Gasteiger partial charge in [-0.3, -0.25) is 0 Å². The highest BCUT2D eigenvalue weighted by molar-refractivity contribution is 7.99. The van der Waals surface area contributed by atoms with Crippen LogP contribution in [0, 0.1) is 0 Å². The molecular weight excluding hydrogens is 368 g/mol. The van der Waals surface area contributed by atoms with E-state index in [-0.39, 0.29) is 12.5 Å². The number of fused-ring (bicyclic) bond motifs is 1. The topological polar surface area (TPSA) is 38.7 Å². The van der Waals surface area contributed by atoms with Gasteiger partial charge in [0.05, 0.1) is 20.8 Å². The molecule has 1 aliphatic heterocycles. The number of ether oxygens (including phenoxy) is 2. The molecule has 0 radical (unpaired) electrons. The van der Waals surface area contributed by atoms with Crippen LogP contribution in [0.25, 0.3) is 0 Å². The normalized spacial score (nSPS) is 18.4. The fourth-order valence-corrected chi connectivity index (χ4v) is 5.20. The van der Waals surface area contributed by atoms with Crippen LogP contribution in [0.4, 0.5) is 0 Å². The van der Waals surface area contributed by atoms with Crippen molar-refractivity contribution >= 4 is 11.8 Å². The fourth-order valence-electron chi connectivity index (χ4n) is 3.90. The molecule has 3 aromatic rings. The van der Waals surface area contributed by atoms with Gasteiger partial charge in [-0.05, 0) is 46.5 Å². The minimum absolute atomic E-state index is 0.0660. The molecule has 3 aromatic carbocycles. The Morgan fingerprint density at radius 2 is 1.50 bits per heavy atom. The zero-order valence-electron chi connectivity index (χ0n) is 16.1. The third-order valence-corrected chi connectivity index (χ3v) is 6.63. The summed E-state index contributed by atoms with van der Waals surface area (Å²) >= 11 is 1.89.